The molecule has 13 nitrogen and oxygen atoms in total. The summed E-state index contributed by atoms with van der Waals surface area (Å²) in [4.78, 5) is 46.1. The van der Waals surface area contributed by atoms with Crippen LogP contribution in [0.15, 0.2) is 12.5 Å². The van der Waals surface area contributed by atoms with Crippen molar-refractivity contribution >= 4 is 36.5 Å². The highest BCUT2D eigenvalue weighted by Crippen LogP contribution is 1.95. The lowest BCUT2D eigenvalue weighted by Crippen LogP contribution is -2.32. The second-order valence-corrected chi connectivity index (χ2v) is 5.26. The van der Waals surface area contributed by atoms with E-state index in [-0.39, 0.29) is 12.2 Å². The van der Waals surface area contributed by atoms with Gasteiger partial charge in [0.05, 0.1) is 12.7 Å². The van der Waals surface area contributed by atoms with Crippen LogP contribution in [0, 0.1) is 0 Å². The van der Waals surface area contributed by atoms with Gasteiger partial charge in [-0.15, -0.1) is 0 Å². The number of carboxylic acid groups (broad SMARTS) is 4. The molecule has 0 spiro atoms. The number of thiol groups is 1. The molecule has 0 unspecified atom stereocenters. The highest BCUT2D eigenvalue weighted by molar-refractivity contribution is 7.80. The molecule has 0 aliphatic carbocycles. The number of nitrogens with two attached hydrogens (primary N) is 3. The first-order chi connectivity index (χ1) is 12.4. The van der Waals surface area contributed by atoms with E-state index in [1.54, 1.807) is 6.20 Å². The molecule has 0 fully saturated rings. The Hall–Kier alpha value is -2.68. The molecule has 11 N–H and O–H groups in total. The van der Waals surface area contributed by atoms with Crippen molar-refractivity contribution in [2.75, 3.05) is 5.75 Å². The summed E-state index contributed by atoms with van der Waals surface area (Å²) >= 11 is 3.65. The van der Waals surface area contributed by atoms with Gasteiger partial charge in [0.2, 0.25) is 0 Å². The van der Waals surface area contributed by atoms with Crippen molar-refractivity contribution in [2.24, 2.45) is 17.2 Å². The molecule has 0 aromatic carbocycles. The number of nitrogens with one attached hydrogen (secondary N) is 1. The van der Waals surface area contributed by atoms with Gasteiger partial charge in [-0.1, -0.05) is 0 Å². The normalized spacial score (nSPS) is 12.9. The van der Waals surface area contributed by atoms with Gasteiger partial charge in [0.15, 0.2) is 0 Å². The highest BCUT2D eigenvalue weighted by Gasteiger charge is 2.14. The summed E-state index contributed by atoms with van der Waals surface area (Å²) in [7, 11) is 0. The zero-order valence-corrected chi connectivity index (χ0v) is 15.0. The number of nitrogens with zero attached hydrogens (tertiary/aromatic N) is 1. The number of aromatic amines is 1. The van der Waals surface area contributed by atoms with Crippen LogP contribution in [-0.2, 0) is 25.6 Å². The third kappa shape index (κ3) is 15.3. The lowest BCUT2D eigenvalue weighted by Gasteiger charge is -2.02. The van der Waals surface area contributed by atoms with Crippen molar-refractivity contribution in [3.05, 3.63) is 18.2 Å². The molecule has 0 bridgehead atoms. The van der Waals surface area contributed by atoms with E-state index in [1.807, 2.05) is 0 Å². The lowest BCUT2D eigenvalue weighted by molar-refractivity contribution is -0.144. The first-order valence-corrected chi connectivity index (χ1v) is 7.80. The maximum absolute atomic E-state index is 10.3. The highest BCUT2D eigenvalue weighted by atomic mass is 32.1. The molecule has 1 rings (SSSR count). The summed E-state index contributed by atoms with van der Waals surface area (Å²) < 4.78 is 0. The molecule has 14 heteroatoms. The smallest absolute Gasteiger partial charge is 0.321 e. The van der Waals surface area contributed by atoms with Gasteiger partial charge in [-0.2, -0.15) is 12.6 Å². The van der Waals surface area contributed by atoms with E-state index in [9.17, 15) is 19.2 Å². The third-order valence-corrected chi connectivity index (χ3v) is 2.93. The Morgan fingerprint density at radius 1 is 0.963 bits per heavy atom. The first kappa shape index (κ1) is 26.5. The molecular formula is C13H23N5O8S. The van der Waals surface area contributed by atoms with Crippen LogP contribution in [0.1, 0.15) is 12.1 Å². The predicted molar refractivity (Wildman–Crippen MR) is 95.2 cm³/mol. The summed E-state index contributed by atoms with van der Waals surface area (Å²) in [5.74, 6) is -4.31. The molecule has 3 atom stereocenters. The van der Waals surface area contributed by atoms with E-state index in [0.29, 0.717) is 0 Å². The van der Waals surface area contributed by atoms with E-state index < -0.39 is 48.4 Å². The van der Waals surface area contributed by atoms with Crippen LogP contribution < -0.4 is 17.2 Å². The van der Waals surface area contributed by atoms with Crippen molar-refractivity contribution in [1.29, 1.82) is 0 Å². The molecule has 0 aliphatic rings. The number of carbonyl (C=O) groups is 4. The molecule has 154 valence electrons. The van der Waals surface area contributed by atoms with E-state index in [0.717, 1.165) is 5.69 Å². The van der Waals surface area contributed by atoms with Gasteiger partial charge >= 0.3 is 23.9 Å². The SMILES string of the molecule is N[C@@H](CC(=O)O)C(=O)O.N[C@@H](CS)C(=O)O.N[C@@H](Cc1cnc[nH]1)C(=O)O. The van der Waals surface area contributed by atoms with Crippen LogP contribution in [0.4, 0.5) is 0 Å². The van der Waals surface area contributed by atoms with Gasteiger partial charge in [-0.05, 0) is 0 Å². The molecule has 0 saturated carbocycles. The summed E-state index contributed by atoms with van der Waals surface area (Å²) in [6.07, 6.45) is 2.80. The van der Waals surface area contributed by atoms with Gasteiger partial charge in [0.1, 0.15) is 18.1 Å². The number of aromatic nitrogens is 2. The fourth-order valence-corrected chi connectivity index (χ4v) is 1.23. The maximum Gasteiger partial charge on any atom is 0.321 e. The molecule has 0 radical (unpaired) electrons. The number of imidazole rings is 1. The van der Waals surface area contributed by atoms with E-state index in [4.69, 9.17) is 37.6 Å². The Morgan fingerprint density at radius 3 is 1.67 bits per heavy atom. The molecule has 1 aromatic heterocycles. The minimum Gasteiger partial charge on any atom is -0.481 e. The fraction of sp³-hybridized carbons (Fsp3) is 0.462. The lowest BCUT2D eigenvalue weighted by atomic mass is 10.2. The summed E-state index contributed by atoms with van der Waals surface area (Å²) in [6, 6.07) is -2.96. The first-order valence-electron chi connectivity index (χ1n) is 7.17. The minimum absolute atomic E-state index is 0.190. The second kappa shape index (κ2) is 14.5. The van der Waals surface area contributed by atoms with Crippen molar-refractivity contribution < 1.29 is 39.6 Å². The average molecular weight is 409 g/mol. The predicted octanol–water partition coefficient (Wildman–Crippen LogP) is -2.43. The number of rotatable bonds is 8. The van der Waals surface area contributed by atoms with Crippen LogP contribution >= 0.6 is 12.6 Å². The monoisotopic (exact) mass is 409 g/mol. The second-order valence-electron chi connectivity index (χ2n) is 4.90. The Kier molecular flexibility index (Phi) is 14.2. The van der Waals surface area contributed by atoms with Crippen LogP contribution in [0.2, 0.25) is 0 Å². The number of carboxylic acids is 4. The maximum atomic E-state index is 10.3. The van der Waals surface area contributed by atoms with Crippen LogP contribution in [-0.4, -0.2) is 78.1 Å². The number of hydrogen-bond donors (Lipinski definition) is 9. The Bertz CT molecular complexity index is 598. The number of aliphatic carboxylic acids is 4. The quantitative estimate of drug-likeness (QED) is 0.203. The minimum atomic E-state index is -1.29. The molecule has 0 amide bonds. The summed E-state index contributed by atoms with van der Waals surface area (Å²) in [5.41, 5.74) is 15.8. The Balaban J connectivity index is 0. The van der Waals surface area contributed by atoms with Crippen LogP contribution in [0.3, 0.4) is 0 Å². The van der Waals surface area contributed by atoms with Crippen molar-refractivity contribution in [2.45, 2.75) is 31.0 Å². The summed E-state index contributed by atoms with van der Waals surface area (Å²) in [6.45, 7) is 0. The number of hydrogen-bond acceptors (Lipinski definition) is 9. The van der Waals surface area contributed by atoms with E-state index in [1.165, 1.54) is 6.33 Å². The Labute approximate surface area is 159 Å². The van der Waals surface area contributed by atoms with Gasteiger partial charge < -0.3 is 42.6 Å². The zero-order valence-electron chi connectivity index (χ0n) is 14.1. The van der Waals surface area contributed by atoms with Crippen molar-refractivity contribution in [1.82, 2.24) is 9.97 Å². The van der Waals surface area contributed by atoms with Gasteiger partial charge in [-0.25, -0.2) is 4.98 Å². The van der Waals surface area contributed by atoms with Crippen LogP contribution in [0.25, 0.3) is 0 Å². The van der Waals surface area contributed by atoms with E-state index >= 15 is 0 Å². The van der Waals surface area contributed by atoms with Gasteiger partial charge in [0.25, 0.3) is 0 Å². The van der Waals surface area contributed by atoms with Gasteiger partial charge in [-0.3, -0.25) is 19.2 Å². The molecule has 1 aromatic rings. The molecule has 0 aliphatic heterocycles. The standard InChI is InChI=1S/C6H9N3O2.C4H7NO4.C3H7NO2S/c7-5(6(10)11)1-4-2-8-3-9-4;5-2(4(8)9)1-3(6)7;4-2(1-7)3(5)6/h2-3,5H,1,7H2,(H,8,9)(H,10,11);2H,1,5H2,(H,6,7)(H,8,9);2,7H,1,4H2,(H,5,6)/t5-;2*2-/m000/s1. The molecular weight excluding hydrogens is 386 g/mol. The molecule has 27 heavy (non-hydrogen) atoms. The molecule has 0 saturated heterocycles. The van der Waals surface area contributed by atoms with Crippen LogP contribution in [0.5, 0.6) is 0 Å². The van der Waals surface area contributed by atoms with Gasteiger partial charge in [0, 0.05) is 24.1 Å². The fourth-order valence-electron chi connectivity index (χ4n) is 1.07. The zero-order chi connectivity index (χ0) is 21.6. The van der Waals surface area contributed by atoms with E-state index in [2.05, 4.69) is 22.6 Å². The average Bonchev–Trinajstić information content (AvgIpc) is 3.07. The third-order valence-electron chi connectivity index (χ3n) is 2.54. The topological polar surface area (TPSA) is 256 Å². The summed E-state index contributed by atoms with van der Waals surface area (Å²) in [5, 5.41) is 32.5. The largest absolute Gasteiger partial charge is 0.481 e. The molecule has 1 heterocycles. The number of H-pyrrole nitrogens is 1. The Morgan fingerprint density at radius 2 is 1.44 bits per heavy atom. The van der Waals surface area contributed by atoms with Crippen molar-refractivity contribution in [3.8, 4) is 0 Å². The van der Waals surface area contributed by atoms with Crippen molar-refractivity contribution in [3.63, 3.8) is 0 Å².